The Hall–Kier alpha value is -0.650. The zero-order valence-electron chi connectivity index (χ0n) is 10.5. The van der Waals surface area contributed by atoms with Crippen molar-refractivity contribution >= 4 is 5.91 Å². The number of carbonyl (C=O) groups excluding carboxylic acids is 1. The van der Waals surface area contributed by atoms with Gasteiger partial charge in [-0.1, -0.05) is 13.8 Å². The van der Waals surface area contributed by atoms with Gasteiger partial charge in [0.05, 0.1) is 18.8 Å². The highest BCUT2D eigenvalue weighted by atomic mass is 16.5. The SMILES string of the molecule is CCC(O)(CC)CNC(=O)CNCCOC. The molecule has 0 radical (unpaired) electrons. The van der Waals surface area contributed by atoms with Gasteiger partial charge in [-0.15, -0.1) is 0 Å². The Labute approximate surface area is 97.6 Å². The topological polar surface area (TPSA) is 70.6 Å². The highest BCUT2D eigenvalue weighted by molar-refractivity contribution is 5.78. The van der Waals surface area contributed by atoms with Gasteiger partial charge in [0.25, 0.3) is 0 Å². The summed E-state index contributed by atoms with van der Waals surface area (Å²) in [6.45, 7) is 5.62. The zero-order chi connectivity index (χ0) is 12.4. The minimum atomic E-state index is -0.776. The summed E-state index contributed by atoms with van der Waals surface area (Å²) in [5, 5.41) is 15.6. The molecule has 0 rings (SSSR count). The minimum absolute atomic E-state index is 0.101. The standard InChI is InChI=1S/C11H24N2O3/c1-4-11(15,5-2)9-13-10(14)8-12-6-7-16-3/h12,15H,4-9H2,1-3H3,(H,13,14). The molecule has 0 aromatic carbocycles. The van der Waals surface area contributed by atoms with Crippen LogP contribution in [0.2, 0.25) is 0 Å². The molecule has 0 saturated carbocycles. The highest BCUT2D eigenvalue weighted by Gasteiger charge is 2.22. The second kappa shape index (κ2) is 8.50. The van der Waals surface area contributed by atoms with Gasteiger partial charge in [0, 0.05) is 20.2 Å². The maximum Gasteiger partial charge on any atom is 0.234 e. The van der Waals surface area contributed by atoms with Gasteiger partial charge < -0.3 is 20.5 Å². The van der Waals surface area contributed by atoms with Gasteiger partial charge in [0.2, 0.25) is 5.91 Å². The smallest absolute Gasteiger partial charge is 0.234 e. The molecule has 0 aliphatic rings. The molecule has 0 aromatic rings. The number of rotatable bonds is 9. The lowest BCUT2D eigenvalue weighted by Gasteiger charge is -2.25. The number of ether oxygens (including phenoxy) is 1. The number of amides is 1. The molecule has 0 aliphatic heterocycles. The number of aliphatic hydroxyl groups is 1. The van der Waals surface area contributed by atoms with Crippen LogP contribution in [0.1, 0.15) is 26.7 Å². The monoisotopic (exact) mass is 232 g/mol. The predicted octanol–water partition coefficient (Wildman–Crippen LogP) is -0.110. The highest BCUT2D eigenvalue weighted by Crippen LogP contribution is 2.12. The summed E-state index contributed by atoms with van der Waals surface area (Å²) in [5.41, 5.74) is -0.776. The third-order valence-corrected chi connectivity index (χ3v) is 2.70. The first-order valence-corrected chi connectivity index (χ1v) is 5.76. The number of methoxy groups -OCH3 is 1. The first-order chi connectivity index (χ1) is 7.58. The Morgan fingerprint density at radius 2 is 2.00 bits per heavy atom. The molecule has 0 unspecified atom stereocenters. The van der Waals surface area contributed by atoms with Crippen molar-refractivity contribution in [2.75, 3.05) is 33.4 Å². The number of hydrogen-bond acceptors (Lipinski definition) is 4. The van der Waals surface area contributed by atoms with E-state index in [4.69, 9.17) is 4.74 Å². The van der Waals surface area contributed by atoms with Crippen LogP contribution in [-0.4, -0.2) is 50.0 Å². The summed E-state index contributed by atoms with van der Waals surface area (Å²) in [4.78, 5) is 11.4. The van der Waals surface area contributed by atoms with Crippen molar-refractivity contribution in [3.63, 3.8) is 0 Å². The van der Waals surface area contributed by atoms with Crippen molar-refractivity contribution in [1.29, 1.82) is 0 Å². The molecular weight excluding hydrogens is 208 g/mol. The molecule has 0 atom stereocenters. The summed E-state index contributed by atoms with van der Waals surface area (Å²) in [5.74, 6) is -0.101. The molecule has 1 amide bonds. The lowest BCUT2D eigenvalue weighted by molar-refractivity contribution is -0.121. The zero-order valence-corrected chi connectivity index (χ0v) is 10.5. The Morgan fingerprint density at radius 3 is 2.50 bits per heavy atom. The van der Waals surface area contributed by atoms with Gasteiger partial charge in [-0.2, -0.15) is 0 Å². The molecule has 5 heteroatoms. The van der Waals surface area contributed by atoms with E-state index in [1.54, 1.807) is 7.11 Å². The maximum atomic E-state index is 11.4. The van der Waals surface area contributed by atoms with Crippen LogP contribution in [0, 0.1) is 0 Å². The van der Waals surface area contributed by atoms with Crippen LogP contribution in [0.4, 0.5) is 0 Å². The number of carbonyl (C=O) groups is 1. The number of nitrogens with one attached hydrogen (secondary N) is 2. The van der Waals surface area contributed by atoms with E-state index in [1.165, 1.54) is 0 Å². The van der Waals surface area contributed by atoms with Crippen LogP contribution in [-0.2, 0) is 9.53 Å². The van der Waals surface area contributed by atoms with Crippen molar-refractivity contribution in [3.8, 4) is 0 Å². The van der Waals surface area contributed by atoms with Crippen LogP contribution in [0.5, 0.6) is 0 Å². The Bertz CT molecular complexity index is 194. The third-order valence-electron chi connectivity index (χ3n) is 2.70. The lowest BCUT2D eigenvalue weighted by Crippen LogP contribution is -2.45. The molecule has 0 saturated heterocycles. The Balaban J connectivity index is 3.64. The van der Waals surface area contributed by atoms with Crippen LogP contribution >= 0.6 is 0 Å². The summed E-state index contributed by atoms with van der Waals surface area (Å²) in [6.07, 6.45) is 1.28. The fraction of sp³-hybridized carbons (Fsp3) is 0.909. The second-order valence-electron chi connectivity index (χ2n) is 3.88. The maximum absolute atomic E-state index is 11.4. The summed E-state index contributed by atoms with van der Waals surface area (Å²) in [6, 6.07) is 0. The molecular formula is C11H24N2O3. The molecule has 0 heterocycles. The molecule has 0 aromatic heterocycles. The normalized spacial score (nSPS) is 11.5. The van der Waals surface area contributed by atoms with E-state index < -0.39 is 5.60 Å². The fourth-order valence-corrected chi connectivity index (χ4v) is 1.20. The van der Waals surface area contributed by atoms with E-state index in [0.717, 1.165) is 0 Å². The first kappa shape index (κ1) is 15.3. The van der Waals surface area contributed by atoms with Crippen LogP contribution in [0.3, 0.4) is 0 Å². The average Bonchev–Trinajstić information content (AvgIpc) is 2.31. The second-order valence-corrected chi connectivity index (χ2v) is 3.88. The predicted molar refractivity (Wildman–Crippen MR) is 63.3 cm³/mol. The molecule has 16 heavy (non-hydrogen) atoms. The Morgan fingerprint density at radius 1 is 1.38 bits per heavy atom. The van der Waals surface area contributed by atoms with Gasteiger partial charge >= 0.3 is 0 Å². The van der Waals surface area contributed by atoms with Crippen molar-refractivity contribution in [2.45, 2.75) is 32.3 Å². The average molecular weight is 232 g/mol. The van der Waals surface area contributed by atoms with Crippen molar-refractivity contribution in [1.82, 2.24) is 10.6 Å². The van der Waals surface area contributed by atoms with Crippen LogP contribution < -0.4 is 10.6 Å². The lowest BCUT2D eigenvalue weighted by atomic mass is 9.98. The fourth-order valence-electron chi connectivity index (χ4n) is 1.20. The summed E-state index contributed by atoms with van der Waals surface area (Å²) >= 11 is 0. The van der Waals surface area contributed by atoms with Crippen LogP contribution in [0.25, 0.3) is 0 Å². The molecule has 0 spiro atoms. The molecule has 5 nitrogen and oxygen atoms in total. The quantitative estimate of drug-likeness (QED) is 0.485. The van der Waals surface area contributed by atoms with E-state index in [9.17, 15) is 9.90 Å². The molecule has 96 valence electrons. The summed E-state index contributed by atoms with van der Waals surface area (Å²) in [7, 11) is 1.62. The summed E-state index contributed by atoms with van der Waals surface area (Å²) < 4.78 is 4.84. The Kier molecular flexibility index (Phi) is 8.15. The van der Waals surface area contributed by atoms with Crippen LogP contribution in [0.15, 0.2) is 0 Å². The van der Waals surface area contributed by atoms with Gasteiger partial charge in [-0.25, -0.2) is 0 Å². The third kappa shape index (κ3) is 6.76. The van der Waals surface area contributed by atoms with Gasteiger partial charge in [-0.3, -0.25) is 4.79 Å². The van der Waals surface area contributed by atoms with Crippen molar-refractivity contribution in [3.05, 3.63) is 0 Å². The van der Waals surface area contributed by atoms with Gasteiger partial charge in [-0.05, 0) is 12.8 Å². The molecule has 0 bridgehead atoms. The van der Waals surface area contributed by atoms with E-state index in [-0.39, 0.29) is 12.5 Å². The van der Waals surface area contributed by atoms with E-state index in [2.05, 4.69) is 10.6 Å². The van der Waals surface area contributed by atoms with Gasteiger partial charge in [0.15, 0.2) is 0 Å². The van der Waals surface area contributed by atoms with E-state index in [1.807, 2.05) is 13.8 Å². The van der Waals surface area contributed by atoms with Gasteiger partial charge in [0.1, 0.15) is 0 Å². The first-order valence-electron chi connectivity index (χ1n) is 5.76. The van der Waals surface area contributed by atoms with Crippen molar-refractivity contribution in [2.24, 2.45) is 0 Å². The van der Waals surface area contributed by atoms with E-state index in [0.29, 0.717) is 32.5 Å². The minimum Gasteiger partial charge on any atom is -0.388 e. The largest absolute Gasteiger partial charge is 0.388 e. The van der Waals surface area contributed by atoms with E-state index >= 15 is 0 Å². The molecule has 0 aliphatic carbocycles. The molecule has 3 N–H and O–H groups in total. The molecule has 0 fully saturated rings. The van der Waals surface area contributed by atoms with Crippen molar-refractivity contribution < 1.29 is 14.6 Å². The number of hydrogen-bond donors (Lipinski definition) is 3.